The summed E-state index contributed by atoms with van der Waals surface area (Å²) in [5.41, 5.74) is 5.41. The second-order valence-electron chi connectivity index (χ2n) is 7.09. The van der Waals surface area contributed by atoms with Crippen molar-refractivity contribution < 1.29 is 14.3 Å². The first-order chi connectivity index (χ1) is 9.53. The zero-order valence-corrected chi connectivity index (χ0v) is 14.0. The van der Waals surface area contributed by atoms with E-state index in [-0.39, 0.29) is 24.0 Å². The van der Waals surface area contributed by atoms with E-state index in [1.807, 2.05) is 34.6 Å². The van der Waals surface area contributed by atoms with Crippen LogP contribution in [-0.2, 0) is 9.53 Å². The van der Waals surface area contributed by atoms with Gasteiger partial charge in [-0.2, -0.15) is 0 Å². The summed E-state index contributed by atoms with van der Waals surface area (Å²) in [6.07, 6.45) is 0.436. The number of carbonyl (C=O) groups excluding carboxylic acids is 2. The Hall–Kier alpha value is -1.30. The minimum absolute atomic E-state index is 0.00909. The van der Waals surface area contributed by atoms with Crippen molar-refractivity contribution in [2.45, 2.75) is 58.7 Å². The number of rotatable bonds is 3. The van der Waals surface area contributed by atoms with Crippen molar-refractivity contribution in [3.8, 4) is 0 Å². The van der Waals surface area contributed by atoms with Crippen molar-refractivity contribution in [3.05, 3.63) is 0 Å². The average Bonchev–Trinajstić information content (AvgIpc) is 2.83. The molecule has 1 fully saturated rings. The maximum atomic E-state index is 12.2. The third-order valence-electron chi connectivity index (χ3n) is 3.71. The molecule has 0 aromatic rings. The normalized spacial score (nSPS) is 20.6. The molecule has 0 spiro atoms. The van der Waals surface area contributed by atoms with Gasteiger partial charge in [0.15, 0.2) is 0 Å². The van der Waals surface area contributed by atoms with Gasteiger partial charge in [0.25, 0.3) is 0 Å². The summed E-state index contributed by atoms with van der Waals surface area (Å²) < 4.78 is 5.35. The molecule has 122 valence electrons. The number of carbonyl (C=O) groups is 2. The lowest BCUT2D eigenvalue weighted by molar-refractivity contribution is -0.134. The van der Waals surface area contributed by atoms with E-state index < -0.39 is 11.6 Å². The van der Waals surface area contributed by atoms with Crippen LogP contribution < -0.4 is 5.73 Å². The van der Waals surface area contributed by atoms with E-state index in [9.17, 15) is 9.59 Å². The van der Waals surface area contributed by atoms with Gasteiger partial charge in [-0.25, -0.2) is 4.79 Å². The Labute approximate surface area is 127 Å². The predicted molar refractivity (Wildman–Crippen MR) is 81.8 cm³/mol. The van der Waals surface area contributed by atoms with Crippen molar-refractivity contribution in [3.63, 3.8) is 0 Å². The van der Waals surface area contributed by atoms with Gasteiger partial charge in [-0.1, -0.05) is 13.8 Å². The van der Waals surface area contributed by atoms with Gasteiger partial charge in [0.05, 0.1) is 12.1 Å². The molecular formula is C15H29N3O3. The second kappa shape index (κ2) is 6.64. The van der Waals surface area contributed by atoms with E-state index in [1.54, 1.807) is 16.8 Å². The molecule has 0 aromatic heterocycles. The number of ether oxygens (including phenoxy) is 1. The molecule has 2 amide bonds. The standard InChI is InChI=1S/C15H29N3O3/c1-10(2)12(16)13(19)17(6)11-7-8-18(9-11)14(20)21-15(3,4)5/h10-12H,7-9,16H2,1-6H3/t11-,12+/m1/s1. The van der Waals surface area contributed by atoms with E-state index in [1.165, 1.54) is 0 Å². The lowest BCUT2D eigenvalue weighted by Gasteiger charge is -2.29. The van der Waals surface area contributed by atoms with E-state index in [4.69, 9.17) is 10.5 Å². The van der Waals surface area contributed by atoms with Crippen LogP contribution in [0.15, 0.2) is 0 Å². The first-order valence-corrected chi connectivity index (χ1v) is 7.53. The number of likely N-dealkylation sites (tertiary alicyclic amines) is 1. The summed E-state index contributed by atoms with van der Waals surface area (Å²) in [5, 5.41) is 0. The maximum absolute atomic E-state index is 12.2. The van der Waals surface area contributed by atoms with Gasteiger partial charge in [-0.05, 0) is 33.1 Å². The molecule has 2 atom stereocenters. The predicted octanol–water partition coefficient (Wildman–Crippen LogP) is 1.44. The Morgan fingerprint density at radius 3 is 2.38 bits per heavy atom. The molecule has 1 aliphatic heterocycles. The molecule has 0 bridgehead atoms. The van der Waals surface area contributed by atoms with Crippen LogP contribution in [0.4, 0.5) is 4.79 Å². The Morgan fingerprint density at radius 1 is 1.33 bits per heavy atom. The first-order valence-electron chi connectivity index (χ1n) is 7.53. The largest absolute Gasteiger partial charge is 0.444 e. The number of hydrogen-bond acceptors (Lipinski definition) is 4. The van der Waals surface area contributed by atoms with Crippen molar-refractivity contribution in [1.82, 2.24) is 9.80 Å². The zero-order chi connectivity index (χ0) is 16.4. The highest BCUT2D eigenvalue weighted by atomic mass is 16.6. The Bertz CT molecular complexity index is 390. The number of nitrogens with two attached hydrogens (primary N) is 1. The van der Waals surface area contributed by atoms with Crippen molar-refractivity contribution >= 4 is 12.0 Å². The van der Waals surface area contributed by atoms with E-state index in [0.29, 0.717) is 13.1 Å². The fraction of sp³-hybridized carbons (Fsp3) is 0.867. The van der Waals surface area contributed by atoms with E-state index in [2.05, 4.69) is 0 Å². The van der Waals surface area contributed by atoms with Gasteiger partial charge in [0.1, 0.15) is 5.60 Å². The fourth-order valence-corrected chi connectivity index (χ4v) is 2.25. The molecule has 6 nitrogen and oxygen atoms in total. The number of nitrogens with zero attached hydrogens (tertiary/aromatic N) is 2. The molecule has 0 aromatic carbocycles. The van der Waals surface area contributed by atoms with Crippen LogP contribution >= 0.6 is 0 Å². The molecule has 0 unspecified atom stereocenters. The van der Waals surface area contributed by atoms with Crippen molar-refractivity contribution in [2.75, 3.05) is 20.1 Å². The molecule has 1 heterocycles. The molecule has 0 radical (unpaired) electrons. The maximum Gasteiger partial charge on any atom is 0.410 e. The molecular weight excluding hydrogens is 270 g/mol. The van der Waals surface area contributed by atoms with Crippen LogP contribution in [0.5, 0.6) is 0 Å². The Morgan fingerprint density at radius 2 is 1.90 bits per heavy atom. The third kappa shape index (κ3) is 4.88. The highest BCUT2D eigenvalue weighted by Gasteiger charge is 2.34. The molecule has 1 aliphatic rings. The average molecular weight is 299 g/mol. The first kappa shape index (κ1) is 17.8. The Kier molecular flexibility index (Phi) is 5.61. The number of hydrogen-bond donors (Lipinski definition) is 1. The molecule has 1 rings (SSSR count). The highest BCUT2D eigenvalue weighted by molar-refractivity contribution is 5.82. The quantitative estimate of drug-likeness (QED) is 0.855. The van der Waals surface area contributed by atoms with Crippen LogP contribution in [-0.4, -0.2) is 59.6 Å². The minimum Gasteiger partial charge on any atom is -0.444 e. The van der Waals surface area contributed by atoms with Gasteiger partial charge in [-0.3, -0.25) is 4.79 Å². The summed E-state index contributed by atoms with van der Waals surface area (Å²) in [5.74, 6) is 0.0318. The molecule has 0 saturated carbocycles. The molecule has 1 saturated heterocycles. The summed E-state index contributed by atoms with van der Waals surface area (Å²) in [4.78, 5) is 27.6. The van der Waals surface area contributed by atoms with E-state index >= 15 is 0 Å². The molecule has 2 N–H and O–H groups in total. The molecule has 21 heavy (non-hydrogen) atoms. The topological polar surface area (TPSA) is 75.9 Å². The Balaban J connectivity index is 2.58. The van der Waals surface area contributed by atoms with Gasteiger partial charge in [0, 0.05) is 20.1 Å². The summed E-state index contributed by atoms with van der Waals surface area (Å²) in [6, 6.07) is -0.486. The van der Waals surface area contributed by atoms with Crippen LogP contribution in [0.25, 0.3) is 0 Å². The fourth-order valence-electron chi connectivity index (χ4n) is 2.25. The zero-order valence-electron chi connectivity index (χ0n) is 14.0. The van der Waals surface area contributed by atoms with Crippen LogP contribution in [0.2, 0.25) is 0 Å². The number of amides is 2. The third-order valence-corrected chi connectivity index (χ3v) is 3.71. The SMILES string of the molecule is CC(C)[C@H](N)C(=O)N(C)[C@@H]1CCN(C(=O)OC(C)(C)C)C1. The van der Waals surface area contributed by atoms with Crippen LogP contribution in [0, 0.1) is 5.92 Å². The number of likely N-dealkylation sites (N-methyl/N-ethyl adjacent to an activating group) is 1. The molecule has 0 aliphatic carbocycles. The van der Waals surface area contributed by atoms with Gasteiger partial charge >= 0.3 is 6.09 Å². The summed E-state index contributed by atoms with van der Waals surface area (Å²) in [6.45, 7) is 10.5. The van der Waals surface area contributed by atoms with Crippen LogP contribution in [0.3, 0.4) is 0 Å². The lowest BCUT2D eigenvalue weighted by Crippen LogP contribution is -2.49. The lowest BCUT2D eigenvalue weighted by atomic mass is 10.0. The minimum atomic E-state index is -0.503. The summed E-state index contributed by atoms with van der Waals surface area (Å²) in [7, 11) is 1.76. The van der Waals surface area contributed by atoms with E-state index in [0.717, 1.165) is 6.42 Å². The molecule has 6 heteroatoms. The van der Waals surface area contributed by atoms with Crippen LogP contribution in [0.1, 0.15) is 41.0 Å². The smallest absolute Gasteiger partial charge is 0.410 e. The van der Waals surface area contributed by atoms with Gasteiger partial charge in [0.2, 0.25) is 5.91 Å². The monoisotopic (exact) mass is 299 g/mol. The van der Waals surface area contributed by atoms with Crippen molar-refractivity contribution in [1.29, 1.82) is 0 Å². The summed E-state index contributed by atoms with van der Waals surface area (Å²) >= 11 is 0. The highest BCUT2D eigenvalue weighted by Crippen LogP contribution is 2.19. The van der Waals surface area contributed by atoms with Gasteiger partial charge < -0.3 is 20.3 Å². The van der Waals surface area contributed by atoms with Gasteiger partial charge in [-0.15, -0.1) is 0 Å². The van der Waals surface area contributed by atoms with Crippen molar-refractivity contribution in [2.24, 2.45) is 11.7 Å². The second-order valence-corrected chi connectivity index (χ2v) is 7.09.